The van der Waals surface area contributed by atoms with Crippen LogP contribution in [0.1, 0.15) is 41.7 Å². The molecule has 4 heterocycles. The molecule has 3 aromatic carbocycles. The third-order valence-corrected chi connectivity index (χ3v) is 9.98. The Morgan fingerprint density at radius 1 is 0.878 bits per heavy atom. The lowest BCUT2D eigenvalue weighted by Gasteiger charge is -2.39. The quantitative estimate of drug-likeness (QED) is 0.305. The number of hydrogen-bond acceptors (Lipinski definition) is 7. The summed E-state index contributed by atoms with van der Waals surface area (Å²) in [5.41, 5.74) is 0.772. The van der Waals surface area contributed by atoms with E-state index < -0.39 is 60.2 Å². The standard InChI is InChI=1S/C39H39N3O7/c43-25-29(27-15-7-2-8-16-27)42-35-37(46)41(24-26-13-5-1-6-14-26)22-12-4-11-19-32(44)40-23-31(28-17-9-3-10-18-28)48-38(47)33-30-20-21-39(35,49-30)34(33)36(42)45/h1-10,12-18,20-21,29-31,33-35,43H,11,19,22-25H2,(H,40,44)/b12-4-/t29-,30-,31-,33+,34+,35-,39+/m1/s1. The number of rotatable bonds is 6. The summed E-state index contributed by atoms with van der Waals surface area (Å²) in [7, 11) is 0. The van der Waals surface area contributed by atoms with Gasteiger partial charge in [-0.05, 0) is 23.1 Å². The van der Waals surface area contributed by atoms with E-state index in [1.54, 1.807) is 17.1 Å². The molecular formula is C39H39N3O7. The van der Waals surface area contributed by atoms with Gasteiger partial charge in [0.15, 0.2) is 0 Å². The molecule has 3 aromatic rings. The van der Waals surface area contributed by atoms with Crippen LogP contribution in [0.3, 0.4) is 0 Å². The van der Waals surface area contributed by atoms with Crippen molar-refractivity contribution in [2.45, 2.75) is 49.3 Å². The first-order chi connectivity index (χ1) is 23.9. The van der Waals surface area contributed by atoms with Gasteiger partial charge in [0.05, 0.1) is 31.2 Å². The molecule has 4 aliphatic heterocycles. The summed E-state index contributed by atoms with van der Waals surface area (Å²) >= 11 is 0. The number of ether oxygens (including phenoxy) is 2. The van der Waals surface area contributed by atoms with Crippen LogP contribution in [0.5, 0.6) is 0 Å². The van der Waals surface area contributed by atoms with Gasteiger partial charge in [-0.15, -0.1) is 0 Å². The van der Waals surface area contributed by atoms with Crippen LogP contribution >= 0.6 is 0 Å². The number of nitrogens with zero attached hydrogens (tertiary/aromatic N) is 2. The molecule has 0 aromatic heterocycles. The van der Waals surface area contributed by atoms with E-state index in [1.807, 2.05) is 103 Å². The van der Waals surface area contributed by atoms with Gasteiger partial charge in [-0.2, -0.15) is 0 Å². The number of cyclic esters (lactones) is 1. The summed E-state index contributed by atoms with van der Waals surface area (Å²) < 4.78 is 12.7. The first-order valence-corrected chi connectivity index (χ1v) is 16.8. The van der Waals surface area contributed by atoms with E-state index >= 15 is 4.79 Å². The smallest absolute Gasteiger partial charge is 0.313 e. The normalized spacial score (nSPS) is 29.8. The molecule has 0 saturated carbocycles. The Morgan fingerprint density at radius 3 is 2.29 bits per heavy atom. The molecule has 49 heavy (non-hydrogen) atoms. The van der Waals surface area contributed by atoms with E-state index in [9.17, 15) is 19.5 Å². The zero-order chi connectivity index (χ0) is 34.0. The van der Waals surface area contributed by atoms with Crippen LogP contribution in [0.15, 0.2) is 115 Å². The topological polar surface area (TPSA) is 125 Å². The predicted octanol–water partition coefficient (Wildman–Crippen LogP) is 3.65. The van der Waals surface area contributed by atoms with Crippen molar-refractivity contribution in [2.24, 2.45) is 11.8 Å². The van der Waals surface area contributed by atoms with Gasteiger partial charge in [-0.25, -0.2) is 0 Å². The number of carbonyl (C=O) groups excluding carboxylic acids is 4. The lowest BCUT2D eigenvalue weighted by Crippen LogP contribution is -2.56. The zero-order valence-corrected chi connectivity index (χ0v) is 27.0. The summed E-state index contributed by atoms with van der Waals surface area (Å²) in [5, 5.41) is 13.7. The second-order valence-electron chi connectivity index (χ2n) is 12.9. The van der Waals surface area contributed by atoms with Crippen molar-refractivity contribution in [1.82, 2.24) is 15.1 Å². The number of aliphatic hydroxyl groups excluding tert-OH is 1. The summed E-state index contributed by atoms with van der Waals surface area (Å²) in [6.07, 6.45) is 6.26. The van der Waals surface area contributed by atoms with Gasteiger partial charge in [0, 0.05) is 19.5 Å². The fourth-order valence-corrected chi connectivity index (χ4v) is 7.67. The van der Waals surface area contributed by atoms with Crippen molar-refractivity contribution >= 4 is 23.7 Å². The minimum absolute atomic E-state index is 0.0504. The number of amides is 3. The average Bonchev–Trinajstić information content (AvgIpc) is 3.78. The van der Waals surface area contributed by atoms with E-state index in [0.29, 0.717) is 17.5 Å². The minimum Gasteiger partial charge on any atom is -0.455 e. The van der Waals surface area contributed by atoms with Crippen molar-refractivity contribution < 1.29 is 33.8 Å². The highest BCUT2D eigenvalue weighted by Gasteiger charge is 2.74. The SMILES string of the molecule is O=C1CC/C=C\CN(Cc2ccccc2)C(=O)[C@H]2N([C@H](CO)c3ccccc3)C(=O)[C@@H]3[C@@H](C(=O)O[C@@H](c4ccccc4)CN1)[C@H]1C=C[C@]32O1. The number of likely N-dealkylation sites (tertiary alicyclic amines) is 1. The van der Waals surface area contributed by atoms with Crippen molar-refractivity contribution in [3.8, 4) is 0 Å². The number of benzene rings is 3. The van der Waals surface area contributed by atoms with Gasteiger partial charge >= 0.3 is 5.97 Å². The average molecular weight is 662 g/mol. The summed E-state index contributed by atoms with van der Waals surface area (Å²) in [6, 6.07) is 25.7. The Labute approximate surface area is 285 Å². The molecule has 0 aliphatic carbocycles. The number of esters is 1. The number of aliphatic hydroxyl groups is 1. The van der Waals surface area contributed by atoms with Crippen LogP contribution < -0.4 is 5.32 Å². The molecule has 5 bridgehead atoms. The highest BCUT2D eigenvalue weighted by Crippen LogP contribution is 2.57. The van der Waals surface area contributed by atoms with Crippen molar-refractivity contribution in [3.05, 3.63) is 132 Å². The predicted molar refractivity (Wildman–Crippen MR) is 179 cm³/mol. The maximum absolute atomic E-state index is 15.0. The van der Waals surface area contributed by atoms with Gasteiger partial charge in [0.2, 0.25) is 17.7 Å². The maximum atomic E-state index is 15.0. The molecule has 4 aliphatic rings. The van der Waals surface area contributed by atoms with Crippen molar-refractivity contribution in [2.75, 3.05) is 19.7 Å². The Bertz CT molecular complexity index is 1750. The molecule has 7 rings (SSSR count). The van der Waals surface area contributed by atoms with E-state index in [2.05, 4.69) is 5.32 Å². The monoisotopic (exact) mass is 661 g/mol. The minimum atomic E-state index is -1.46. The molecule has 3 amide bonds. The third kappa shape index (κ3) is 6.06. The summed E-state index contributed by atoms with van der Waals surface area (Å²) in [5.74, 6) is -3.81. The second kappa shape index (κ2) is 13.8. The van der Waals surface area contributed by atoms with Crippen LogP contribution in [0.2, 0.25) is 0 Å². The molecule has 2 saturated heterocycles. The number of carbonyl (C=O) groups is 4. The molecule has 1 spiro atoms. The van der Waals surface area contributed by atoms with E-state index in [0.717, 1.165) is 5.56 Å². The molecule has 252 valence electrons. The lowest BCUT2D eigenvalue weighted by atomic mass is 9.74. The molecule has 10 nitrogen and oxygen atoms in total. The molecule has 7 atom stereocenters. The van der Waals surface area contributed by atoms with Gasteiger partial charge in [0.1, 0.15) is 23.7 Å². The molecule has 2 N–H and O–H groups in total. The van der Waals surface area contributed by atoms with Crippen LogP contribution in [-0.4, -0.2) is 76.0 Å². The molecule has 10 heteroatoms. The van der Waals surface area contributed by atoms with Crippen LogP contribution in [0, 0.1) is 11.8 Å². The third-order valence-electron chi connectivity index (χ3n) is 9.98. The molecular weight excluding hydrogens is 622 g/mol. The fraction of sp³-hybridized carbons (Fsp3) is 0.333. The summed E-state index contributed by atoms with van der Waals surface area (Å²) in [4.78, 5) is 60.0. The molecule has 0 radical (unpaired) electrons. The fourth-order valence-electron chi connectivity index (χ4n) is 7.67. The summed E-state index contributed by atoms with van der Waals surface area (Å²) in [6.45, 7) is 0.0580. The first-order valence-electron chi connectivity index (χ1n) is 16.8. The van der Waals surface area contributed by atoms with Gasteiger partial charge in [0.25, 0.3) is 0 Å². The highest BCUT2D eigenvalue weighted by atomic mass is 16.6. The van der Waals surface area contributed by atoms with Crippen molar-refractivity contribution in [1.29, 1.82) is 0 Å². The Kier molecular flexibility index (Phi) is 9.16. The van der Waals surface area contributed by atoms with Crippen LogP contribution in [0.4, 0.5) is 0 Å². The Morgan fingerprint density at radius 2 is 1.57 bits per heavy atom. The Balaban J connectivity index is 1.33. The van der Waals surface area contributed by atoms with E-state index in [1.165, 1.54) is 4.90 Å². The van der Waals surface area contributed by atoms with Gasteiger partial charge in [-0.3, -0.25) is 19.2 Å². The number of fused-ring (bicyclic) bond motifs is 2. The lowest BCUT2D eigenvalue weighted by molar-refractivity contribution is -0.160. The first kappa shape index (κ1) is 32.5. The van der Waals surface area contributed by atoms with Gasteiger partial charge < -0.3 is 29.7 Å². The number of hydrogen-bond donors (Lipinski definition) is 2. The zero-order valence-electron chi connectivity index (χ0n) is 27.0. The number of nitrogens with one attached hydrogen (secondary N) is 1. The van der Waals surface area contributed by atoms with Crippen LogP contribution in [-0.2, 0) is 35.2 Å². The van der Waals surface area contributed by atoms with Crippen molar-refractivity contribution in [3.63, 3.8) is 0 Å². The Hall–Kier alpha value is -5.06. The van der Waals surface area contributed by atoms with E-state index in [-0.39, 0.29) is 37.9 Å². The largest absolute Gasteiger partial charge is 0.455 e. The van der Waals surface area contributed by atoms with Gasteiger partial charge in [-0.1, -0.05) is 115 Å². The second-order valence-corrected chi connectivity index (χ2v) is 12.9. The molecule has 2 fully saturated rings. The highest BCUT2D eigenvalue weighted by molar-refractivity contribution is 5.99. The van der Waals surface area contributed by atoms with Crippen LogP contribution in [0.25, 0.3) is 0 Å². The number of allylic oxidation sites excluding steroid dienone is 1. The van der Waals surface area contributed by atoms with E-state index in [4.69, 9.17) is 9.47 Å². The molecule has 0 unspecified atom stereocenters. The maximum Gasteiger partial charge on any atom is 0.313 e.